The molecule has 0 aromatic heterocycles. The molecule has 8 nitrogen and oxygen atoms in total. The maximum absolute atomic E-state index is 12.9. The quantitative estimate of drug-likeness (QED) is 0.542. The molecular weight excluding hydrogens is 338 g/mol. The molecule has 2 fully saturated rings. The van der Waals surface area contributed by atoms with Crippen LogP contribution in [0, 0.1) is 11.8 Å². The van der Waals surface area contributed by atoms with Gasteiger partial charge >= 0.3 is 12.0 Å². The summed E-state index contributed by atoms with van der Waals surface area (Å²) in [5.41, 5.74) is -0.895. The maximum atomic E-state index is 12.9. The van der Waals surface area contributed by atoms with Gasteiger partial charge in [-0.1, -0.05) is 40.0 Å². The van der Waals surface area contributed by atoms with Crippen molar-refractivity contribution in [3.63, 3.8) is 0 Å². The average molecular weight is 367 g/mol. The Balaban J connectivity index is 2.07. The average Bonchev–Trinajstić information content (AvgIpc) is 2.86. The minimum atomic E-state index is -0.895. The molecule has 4 amide bonds. The second kappa shape index (κ2) is 8.05. The third kappa shape index (κ3) is 3.68. The highest BCUT2D eigenvalue weighted by molar-refractivity contribution is 6.09. The van der Waals surface area contributed by atoms with Crippen LogP contribution in [0.5, 0.6) is 0 Å². The van der Waals surface area contributed by atoms with Gasteiger partial charge in [0.25, 0.3) is 5.91 Å². The zero-order chi connectivity index (χ0) is 19.5. The van der Waals surface area contributed by atoms with E-state index in [1.807, 2.05) is 20.8 Å². The van der Waals surface area contributed by atoms with Crippen LogP contribution in [0.4, 0.5) is 4.79 Å². The molecule has 1 aliphatic heterocycles. The Bertz CT molecular complexity index is 593. The van der Waals surface area contributed by atoms with E-state index in [2.05, 4.69) is 10.6 Å². The van der Waals surface area contributed by atoms with Crippen LogP contribution in [-0.2, 0) is 19.1 Å². The van der Waals surface area contributed by atoms with Crippen molar-refractivity contribution < 1.29 is 23.9 Å². The third-order valence-electron chi connectivity index (χ3n) is 5.79. The number of methoxy groups -OCH3 is 1. The summed E-state index contributed by atoms with van der Waals surface area (Å²) in [5, 5.41) is 5.41. The molecule has 146 valence electrons. The molecule has 1 heterocycles. The Labute approximate surface area is 154 Å². The number of carbonyl (C=O) groups is 4. The number of ether oxygens (including phenoxy) is 1. The second-order valence-corrected chi connectivity index (χ2v) is 7.39. The van der Waals surface area contributed by atoms with Crippen LogP contribution in [0.2, 0.25) is 0 Å². The van der Waals surface area contributed by atoms with Gasteiger partial charge in [-0.2, -0.15) is 0 Å². The van der Waals surface area contributed by atoms with Gasteiger partial charge in [0.05, 0.1) is 7.11 Å². The molecule has 1 saturated carbocycles. The SMILES string of the molecule is CC[C@H](C)[C@H](NC(=O)CN1C(=O)N[C@]2(CCCC[C@@H]2C)C1=O)C(=O)OC. The molecule has 4 atom stereocenters. The molecule has 1 saturated heterocycles. The fraction of sp³-hybridized carbons (Fsp3) is 0.778. The monoisotopic (exact) mass is 367 g/mol. The lowest BCUT2D eigenvalue weighted by Crippen LogP contribution is -2.54. The highest BCUT2D eigenvalue weighted by Crippen LogP contribution is 2.38. The molecule has 0 unspecified atom stereocenters. The number of nitrogens with zero attached hydrogens (tertiary/aromatic N) is 1. The smallest absolute Gasteiger partial charge is 0.328 e. The van der Waals surface area contributed by atoms with E-state index in [4.69, 9.17) is 4.74 Å². The van der Waals surface area contributed by atoms with Gasteiger partial charge in [0.1, 0.15) is 18.1 Å². The van der Waals surface area contributed by atoms with E-state index in [1.165, 1.54) is 7.11 Å². The number of urea groups is 1. The van der Waals surface area contributed by atoms with Gasteiger partial charge in [-0.05, 0) is 24.7 Å². The Morgan fingerprint density at radius 1 is 1.38 bits per heavy atom. The lowest BCUT2D eigenvalue weighted by Gasteiger charge is -2.36. The van der Waals surface area contributed by atoms with Crippen molar-refractivity contribution >= 4 is 23.8 Å². The van der Waals surface area contributed by atoms with Crippen molar-refractivity contribution in [2.75, 3.05) is 13.7 Å². The van der Waals surface area contributed by atoms with Crippen LogP contribution in [0.15, 0.2) is 0 Å². The van der Waals surface area contributed by atoms with Gasteiger partial charge in [0.15, 0.2) is 0 Å². The fourth-order valence-corrected chi connectivity index (χ4v) is 3.80. The first kappa shape index (κ1) is 20.2. The molecule has 26 heavy (non-hydrogen) atoms. The molecule has 0 bridgehead atoms. The first-order chi connectivity index (χ1) is 12.3. The van der Waals surface area contributed by atoms with E-state index in [-0.39, 0.29) is 17.7 Å². The van der Waals surface area contributed by atoms with Crippen molar-refractivity contribution in [3.8, 4) is 0 Å². The molecule has 1 aliphatic carbocycles. The topological polar surface area (TPSA) is 105 Å². The van der Waals surface area contributed by atoms with Crippen molar-refractivity contribution in [3.05, 3.63) is 0 Å². The van der Waals surface area contributed by atoms with Crippen LogP contribution in [-0.4, -0.2) is 54.0 Å². The lowest BCUT2D eigenvalue weighted by molar-refractivity contribution is -0.146. The summed E-state index contributed by atoms with van der Waals surface area (Å²) >= 11 is 0. The zero-order valence-electron chi connectivity index (χ0n) is 16.0. The van der Waals surface area contributed by atoms with Crippen molar-refractivity contribution in [2.24, 2.45) is 11.8 Å². The van der Waals surface area contributed by atoms with E-state index < -0.39 is 36.0 Å². The first-order valence-corrected chi connectivity index (χ1v) is 9.28. The highest BCUT2D eigenvalue weighted by Gasteiger charge is 2.55. The van der Waals surface area contributed by atoms with Crippen LogP contribution >= 0.6 is 0 Å². The van der Waals surface area contributed by atoms with Gasteiger partial charge in [-0.3, -0.25) is 14.5 Å². The van der Waals surface area contributed by atoms with Gasteiger partial charge in [-0.25, -0.2) is 9.59 Å². The summed E-state index contributed by atoms with van der Waals surface area (Å²) in [7, 11) is 1.26. The number of nitrogens with one attached hydrogen (secondary N) is 2. The van der Waals surface area contributed by atoms with Crippen LogP contribution in [0.3, 0.4) is 0 Å². The molecule has 0 aromatic rings. The number of amides is 4. The van der Waals surface area contributed by atoms with E-state index in [1.54, 1.807) is 0 Å². The van der Waals surface area contributed by atoms with E-state index in [9.17, 15) is 19.2 Å². The van der Waals surface area contributed by atoms with Crippen molar-refractivity contribution in [1.29, 1.82) is 0 Å². The lowest BCUT2D eigenvalue weighted by atomic mass is 9.73. The normalized spacial score (nSPS) is 27.8. The molecule has 2 aliphatic rings. The first-order valence-electron chi connectivity index (χ1n) is 9.28. The second-order valence-electron chi connectivity index (χ2n) is 7.39. The zero-order valence-corrected chi connectivity index (χ0v) is 16.0. The van der Waals surface area contributed by atoms with Gasteiger partial charge < -0.3 is 15.4 Å². The minimum Gasteiger partial charge on any atom is -0.467 e. The maximum Gasteiger partial charge on any atom is 0.328 e. The molecule has 8 heteroatoms. The number of imide groups is 1. The molecule has 2 rings (SSSR count). The van der Waals surface area contributed by atoms with Gasteiger partial charge in [0.2, 0.25) is 5.91 Å². The summed E-state index contributed by atoms with van der Waals surface area (Å²) in [6, 6.07) is -1.35. The summed E-state index contributed by atoms with van der Waals surface area (Å²) in [6.07, 6.45) is 4.03. The molecule has 0 radical (unpaired) electrons. The predicted octanol–water partition coefficient (Wildman–Crippen LogP) is 1.19. The number of hydrogen-bond donors (Lipinski definition) is 2. The largest absolute Gasteiger partial charge is 0.467 e. The van der Waals surface area contributed by atoms with E-state index in [0.717, 1.165) is 24.2 Å². The number of carbonyl (C=O) groups excluding carboxylic acids is 4. The molecule has 0 aromatic carbocycles. The minimum absolute atomic E-state index is 0.0312. The van der Waals surface area contributed by atoms with E-state index in [0.29, 0.717) is 12.8 Å². The number of rotatable bonds is 6. The molecule has 2 N–H and O–H groups in total. The van der Waals surface area contributed by atoms with E-state index >= 15 is 0 Å². The van der Waals surface area contributed by atoms with Crippen LogP contribution < -0.4 is 10.6 Å². The predicted molar refractivity (Wildman–Crippen MR) is 94.0 cm³/mol. The van der Waals surface area contributed by atoms with Crippen molar-refractivity contribution in [1.82, 2.24) is 15.5 Å². The highest BCUT2D eigenvalue weighted by atomic mass is 16.5. The number of hydrogen-bond acceptors (Lipinski definition) is 5. The standard InChI is InChI=1S/C18H29N3O5/c1-5-11(2)14(15(23)26-4)19-13(22)10-21-16(24)18(20-17(21)25)9-7-6-8-12(18)3/h11-12,14H,5-10H2,1-4H3,(H,19,22)(H,20,25)/t11-,12-,14-,18-/m0/s1. The van der Waals surface area contributed by atoms with Gasteiger partial charge in [0, 0.05) is 0 Å². The Kier molecular flexibility index (Phi) is 6.26. The Morgan fingerprint density at radius 3 is 2.65 bits per heavy atom. The number of esters is 1. The summed E-state index contributed by atoms with van der Waals surface area (Å²) < 4.78 is 4.74. The Hall–Kier alpha value is -2.12. The fourth-order valence-electron chi connectivity index (χ4n) is 3.80. The summed E-state index contributed by atoms with van der Waals surface area (Å²) in [4.78, 5) is 50.5. The van der Waals surface area contributed by atoms with Crippen LogP contribution in [0.1, 0.15) is 52.9 Å². The Morgan fingerprint density at radius 2 is 2.08 bits per heavy atom. The van der Waals surface area contributed by atoms with Crippen LogP contribution in [0.25, 0.3) is 0 Å². The third-order valence-corrected chi connectivity index (χ3v) is 5.79. The van der Waals surface area contributed by atoms with Crippen molar-refractivity contribution in [2.45, 2.75) is 64.5 Å². The molecule has 1 spiro atoms. The summed E-state index contributed by atoms with van der Waals surface area (Å²) in [6.45, 7) is 5.28. The summed E-state index contributed by atoms with van der Waals surface area (Å²) in [5.74, 6) is -1.53. The van der Waals surface area contributed by atoms with Gasteiger partial charge in [-0.15, -0.1) is 0 Å². The molecular formula is C18H29N3O5.